The van der Waals surface area contributed by atoms with E-state index in [1.807, 2.05) is 0 Å². The molecule has 0 radical (unpaired) electrons. The molecule has 3 aromatic rings. The van der Waals surface area contributed by atoms with E-state index in [4.69, 9.17) is 23.4 Å². The van der Waals surface area contributed by atoms with Crippen molar-refractivity contribution < 1.29 is 28.2 Å². The molecule has 0 saturated carbocycles. The van der Waals surface area contributed by atoms with E-state index < -0.39 is 5.91 Å². The van der Waals surface area contributed by atoms with Crippen LogP contribution in [0.15, 0.2) is 47.2 Å². The summed E-state index contributed by atoms with van der Waals surface area (Å²) in [6, 6.07) is 10.3. The lowest BCUT2D eigenvalue weighted by molar-refractivity contribution is 0.102. The van der Waals surface area contributed by atoms with Crippen molar-refractivity contribution in [2.24, 2.45) is 0 Å². The molecule has 2 aromatic carbocycles. The second-order valence-electron chi connectivity index (χ2n) is 5.62. The van der Waals surface area contributed by atoms with Crippen molar-refractivity contribution in [1.82, 2.24) is 4.98 Å². The molecular formula is C20H20N2O6. The van der Waals surface area contributed by atoms with Gasteiger partial charge in [-0.1, -0.05) is 0 Å². The molecule has 0 aliphatic rings. The van der Waals surface area contributed by atoms with Crippen LogP contribution in [0.4, 0.5) is 5.69 Å². The topological polar surface area (TPSA) is 92.1 Å². The number of rotatable bonds is 7. The van der Waals surface area contributed by atoms with Gasteiger partial charge in [-0.25, -0.2) is 4.98 Å². The first-order chi connectivity index (χ1) is 13.6. The fourth-order valence-electron chi connectivity index (χ4n) is 2.69. The second-order valence-corrected chi connectivity index (χ2v) is 5.62. The highest BCUT2D eigenvalue weighted by Crippen LogP contribution is 2.34. The summed E-state index contributed by atoms with van der Waals surface area (Å²) < 4.78 is 26.4. The Labute approximate surface area is 162 Å². The normalized spacial score (nSPS) is 10.3. The first-order valence-electron chi connectivity index (χ1n) is 8.30. The number of hydrogen-bond acceptors (Lipinski definition) is 7. The van der Waals surface area contributed by atoms with Crippen LogP contribution in [0.3, 0.4) is 0 Å². The molecule has 8 heteroatoms. The van der Waals surface area contributed by atoms with E-state index in [9.17, 15) is 4.79 Å². The fraction of sp³-hybridized carbons (Fsp3) is 0.200. The molecule has 0 fully saturated rings. The zero-order valence-corrected chi connectivity index (χ0v) is 15.9. The summed E-state index contributed by atoms with van der Waals surface area (Å²) in [5.41, 5.74) is 1.30. The zero-order chi connectivity index (χ0) is 20.1. The summed E-state index contributed by atoms with van der Waals surface area (Å²) in [4.78, 5) is 16.8. The van der Waals surface area contributed by atoms with E-state index in [0.717, 1.165) is 0 Å². The Balaban J connectivity index is 1.88. The van der Waals surface area contributed by atoms with Crippen molar-refractivity contribution in [3.63, 3.8) is 0 Å². The van der Waals surface area contributed by atoms with Crippen molar-refractivity contribution in [2.75, 3.05) is 33.8 Å². The fourth-order valence-corrected chi connectivity index (χ4v) is 2.69. The number of anilines is 1. The van der Waals surface area contributed by atoms with Gasteiger partial charge in [-0.15, -0.1) is 0 Å². The van der Waals surface area contributed by atoms with Crippen LogP contribution in [0, 0.1) is 0 Å². The summed E-state index contributed by atoms with van der Waals surface area (Å²) in [6.07, 6.45) is 1.22. The van der Waals surface area contributed by atoms with Gasteiger partial charge in [0.05, 0.1) is 28.4 Å². The Kier molecular flexibility index (Phi) is 5.69. The van der Waals surface area contributed by atoms with Crippen molar-refractivity contribution in [2.45, 2.75) is 0 Å². The van der Waals surface area contributed by atoms with Crippen LogP contribution in [-0.2, 0) is 0 Å². The van der Waals surface area contributed by atoms with E-state index in [0.29, 0.717) is 40.0 Å². The monoisotopic (exact) mass is 384 g/mol. The molecule has 1 heterocycles. The number of hydrogen-bond donors (Lipinski definition) is 1. The Hall–Kier alpha value is -3.68. The van der Waals surface area contributed by atoms with Gasteiger partial charge in [-0.05, 0) is 30.3 Å². The number of oxazole rings is 1. The van der Waals surface area contributed by atoms with Gasteiger partial charge in [-0.3, -0.25) is 4.79 Å². The molecule has 146 valence electrons. The third kappa shape index (κ3) is 3.71. The van der Waals surface area contributed by atoms with Gasteiger partial charge in [0.1, 0.15) is 0 Å². The molecule has 0 atom stereocenters. The Morgan fingerprint density at radius 3 is 2.11 bits per heavy atom. The van der Waals surface area contributed by atoms with E-state index in [1.54, 1.807) is 50.6 Å². The van der Waals surface area contributed by atoms with Crippen LogP contribution in [0.1, 0.15) is 10.5 Å². The average molecular weight is 384 g/mol. The average Bonchev–Trinajstić information content (AvgIpc) is 3.23. The summed E-state index contributed by atoms with van der Waals surface area (Å²) in [6.45, 7) is 0. The van der Waals surface area contributed by atoms with E-state index in [-0.39, 0.29) is 5.69 Å². The standard InChI is InChI=1S/C20H20N2O6/c1-24-14-7-5-12(9-16(14)26-3)19-18(21-11-28-19)20(23)22-13-6-8-15(25-2)17(10-13)27-4/h5-11H,1-4H3,(H,22,23). The molecule has 0 aliphatic heterocycles. The third-order valence-corrected chi connectivity index (χ3v) is 4.07. The molecule has 1 amide bonds. The number of benzene rings is 2. The number of aromatic nitrogens is 1. The van der Waals surface area contributed by atoms with Crippen molar-refractivity contribution >= 4 is 11.6 Å². The smallest absolute Gasteiger partial charge is 0.278 e. The number of nitrogens with zero attached hydrogens (tertiary/aromatic N) is 1. The first-order valence-corrected chi connectivity index (χ1v) is 8.30. The Morgan fingerprint density at radius 1 is 0.857 bits per heavy atom. The highest BCUT2D eigenvalue weighted by molar-refractivity contribution is 6.06. The van der Waals surface area contributed by atoms with Gasteiger partial charge in [0.2, 0.25) is 0 Å². The molecule has 8 nitrogen and oxygen atoms in total. The SMILES string of the molecule is COc1ccc(NC(=O)c2ncoc2-c2ccc(OC)c(OC)c2)cc1OC. The molecule has 0 unspecified atom stereocenters. The van der Waals surface area contributed by atoms with Gasteiger partial charge in [0.25, 0.3) is 5.91 Å². The van der Waals surface area contributed by atoms with Gasteiger partial charge in [-0.2, -0.15) is 0 Å². The molecule has 3 rings (SSSR count). The van der Waals surface area contributed by atoms with Crippen molar-refractivity contribution in [3.05, 3.63) is 48.5 Å². The van der Waals surface area contributed by atoms with E-state index >= 15 is 0 Å². The Morgan fingerprint density at radius 2 is 1.46 bits per heavy atom. The molecule has 1 N–H and O–H groups in total. The lowest BCUT2D eigenvalue weighted by atomic mass is 10.1. The highest BCUT2D eigenvalue weighted by Gasteiger charge is 2.20. The predicted octanol–water partition coefficient (Wildman–Crippen LogP) is 3.63. The van der Waals surface area contributed by atoms with E-state index in [1.165, 1.54) is 20.6 Å². The number of nitrogens with one attached hydrogen (secondary N) is 1. The van der Waals surface area contributed by atoms with Crippen molar-refractivity contribution in [1.29, 1.82) is 0 Å². The van der Waals surface area contributed by atoms with Crippen LogP contribution in [-0.4, -0.2) is 39.3 Å². The predicted molar refractivity (Wildman–Crippen MR) is 103 cm³/mol. The van der Waals surface area contributed by atoms with Gasteiger partial charge >= 0.3 is 0 Å². The maximum atomic E-state index is 12.7. The third-order valence-electron chi connectivity index (χ3n) is 4.07. The highest BCUT2D eigenvalue weighted by atomic mass is 16.5. The van der Waals surface area contributed by atoms with E-state index in [2.05, 4.69) is 10.3 Å². The number of carbonyl (C=O) groups excluding carboxylic acids is 1. The number of ether oxygens (including phenoxy) is 4. The largest absolute Gasteiger partial charge is 0.493 e. The maximum absolute atomic E-state index is 12.7. The number of carbonyl (C=O) groups is 1. The molecule has 0 saturated heterocycles. The molecular weight excluding hydrogens is 364 g/mol. The summed E-state index contributed by atoms with van der Waals surface area (Å²) in [5, 5.41) is 2.78. The van der Waals surface area contributed by atoms with Gasteiger partial charge in [0.15, 0.2) is 40.8 Å². The van der Waals surface area contributed by atoms with Crippen LogP contribution < -0.4 is 24.3 Å². The maximum Gasteiger partial charge on any atom is 0.278 e. The van der Waals surface area contributed by atoms with Crippen LogP contribution in [0.25, 0.3) is 11.3 Å². The summed E-state index contributed by atoms with van der Waals surface area (Å²) in [7, 11) is 6.15. The lowest BCUT2D eigenvalue weighted by Gasteiger charge is -2.11. The van der Waals surface area contributed by atoms with Crippen molar-refractivity contribution in [3.8, 4) is 34.3 Å². The molecule has 1 aromatic heterocycles. The lowest BCUT2D eigenvalue weighted by Crippen LogP contribution is -2.13. The van der Waals surface area contributed by atoms with Gasteiger partial charge < -0.3 is 28.7 Å². The van der Waals surface area contributed by atoms with Crippen LogP contribution >= 0.6 is 0 Å². The summed E-state index contributed by atoms with van der Waals surface area (Å²) >= 11 is 0. The quantitative estimate of drug-likeness (QED) is 0.665. The minimum atomic E-state index is -0.425. The summed E-state index contributed by atoms with van der Waals surface area (Å²) in [5.74, 6) is 2.04. The Bertz CT molecular complexity index is 983. The molecule has 0 spiro atoms. The number of methoxy groups -OCH3 is 4. The first kappa shape index (κ1) is 19.1. The zero-order valence-electron chi connectivity index (χ0n) is 15.9. The molecule has 0 aliphatic carbocycles. The van der Waals surface area contributed by atoms with Crippen LogP contribution in [0.2, 0.25) is 0 Å². The van der Waals surface area contributed by atoms with Crippen LogP contribution in [0.5, 0.6) is 23.0 Å². The molecule has 28 heavy (non-hydrogen) atoms. The number of amides is 1. The minimum Gasteiger partial charge on any atom is -0.493 e. The second kappa shape index (κ2) is 8.34. The minimum absolute atomic E-state index is 0.141. The molecule has 0 bridgehead atoms. The van der Waals surface area contributed by atoms with Gasteiger partial charge in [0, 0.05) is 17.3 Å².